The molecule has 0 spiro atoms. The second-order valence-corrected chi connectivity index (χ2v) is 2.44. The van der Waals surface area contributed by atoms with Gasteiger partial charge in [-0.15, -0.1) is 0 Å². The number of benzene rings is 1. The van der Waals surface area contributed by atoms with Gasteiger partial charge in [0.05, 0.1) is 6.10 Å². The summed E-state index contributed by atoms with van der Waals surface area (Å²) in [6.07, 6.45) is -0.120. The van der Waals surface area contributed by atoms with Crippen LogP contribution < -0.4 is 0 Å². The molecule has 11 heavy (non-hydrogen) atoms. The molecule has 0 saturated heterocycles. The number of hydrogen-bond acceptors (Lipinski definition) is 2. The van der Waals surface area contributed by atoms with Crippen molar-refractivity contribution in [3.05, 3.63) is 35.9 Å². The van der Waals surface area contributed by atoms with Crippen molar-refractivity contribution in [3.63, 3.8) is 0 Å². The highest BCUT2D eigenvalue weighted by Crippen LogP contribution is 2.14. The zero-order chi connectivity index (χ0) is 8.10. The third-order valence-electron chi connectivity index (χ3n) is 1.59. The lowest BCUT2D eigenvalue weighted by Crippen LogP contribution is -1.99. The molecule has 1 aromatic rings. The predicted octanol–water partition coefficient (Wildman–Crippen LogP) is 1.10. The third kappa shape index (κ3) is 2.33. The van der Waals surface area contributed by atoms with Gasteiger partial charge in [-0.25, -0.2) is 0 Å². The highest BCUT2D eigenvalue weighted by molar-refractivity contribution is 5.16. The molecule has 0 aliphatic carbocycles. The molecule has 0 saturated carbocycles. The molecule has 60 valence electrons. The molecule has 0 bridgehead atoms. The lowest BCUT2D eigenvalue weighted by atomic mass is 10.1. The highest BCUT2D eigenvalue weighted by Gasteiger charge is 2.03. The van der Waals surface area contributed by atoms with Crippen LogP contribution in [0, 0.1) is 0 Å². The third-order valence-corrected chi connectivity index (χ3v) is 1.59. The first-order valence-corrected chi connectivity index (χ1v) is 3.68. The maximum absolute atomic E-state index is 9.36. The fourth-order valence-corrected chi connectivity index (χ4v) is 0.964. The van der Waals surface area contributed by atoms with Crippen LogP contribution in [0.2, 0.25) is 0 Å². The summed E-state index contributed by atoms with van der Waals surface area (Å²) >= 11 is 0. The maximum Gasteiger partial charge on any atom is 0.0811 e. The number of aliphatic hydroxyl groups is 2. The highest BCUT2D eigenvalue weighted by atomic mass is 16.3. The van der Waals surface area contributed by atoms with E-state index in [1.165, 1.54) is 0 Å². The first-order valence-electron chi connectivity index (χ1n) is 3.68. The first kappa shape index (κ1) is 8.24. The molecule has 2 heteroatoms. The second kappa shape index (κ2) is 4.11. The SMILES string of the molecule is OCC[C@H](O)c1ccccc1. The summed E-state index contributed by atoms with van der Waals surface area (Å²) in [6, 6.07) is 9.33. The standard InChI is InChI=1S/C9H12O2/c10-7-6-9(11)8-4-2-1-3-5-8/h1-5,9-11H,6-7H2/t9-/m0/s1. The number of hydrogen-bond donors (Lipinski definition) is 2. The second-order valence-electron chi connectivity index (χ2n) is 2.44. The Balaban J connectivity index is 2.61. The Kier molecular flexibility index (Phi) is 3.08. The summed E-state index contributed by atoms with van der Waals surface area (Å²) in [5.41, 5.74) is 0.863. The molecule has 0 radical (unpaired) electrons. The van der Waals surface area contributed by atoms with Gasteiger partial charge in [0.1, 0.15) is 0 Å². The van der Waals surface area contributed by atoms with E-state index in [9.17, 15) is 5.11 Å². The van der Waals surface area contributed by atoms with Crippen molar-refractivity contribution in [2.45, 2.75) is 12.5 Å². The van der Waals surface area contributed by atoms with Gasteiger partial charge in [0.15, 0.2) is 0 Å². The van der Waals surface area contributed by atoms with Gasteiger partial charge < -0.3 is 10.2 Å². The lowest BCUT2D eigenvalue weighted by Gasteiger charge is -2.07. The molecule has 0 aliphatic rings. The largest absolute Gasteiger partial charge is 0.396 e. The molecule has 0 fully saturated rings. The summed E-state index contributed by atoms with van der Waals surface area (Å²) in [5.74, 6) is 0. The Morgan fingerprint density at radius 3 is 2.36 bits per heavy atom. The van der Waals surface area contributed by atoms with E-state index in [0.29, 0.717) is 6.42 Å². The first-order chi connectivity index (χ1) is 5.34. The molecule has 1 atom stereocenters. The zero-order valence-electron chi connectivity index (χ0n) is 6.27. The van der Waals surface area contributed by atoms with Gasteiger partial charge in [0, 0.05) is 13.0 Å². The van der Waals surface area contributed by atoms with E-state index >= 15 is 0 Å². The minimum Gasteiger partial charge on any atom is -0.396 e. The molecular weight excluding hydrogens is 140 g/mol. The monoisotopic (exact) mass is 152 g/mol. The van der Waals surface area contributed by atoms with Crippen LogP contribution in [0.4, 0.5) is 0 Å². The molecule has 1 aromatic carbocycles. The van der Waals surface area contributed by atoms with E-state index in [1.54, 1.807) is 0 Å². The Morgan fingerprint density at radius 1 is 1.18 bits per heavy atom. The average Bonchev–Trinajstić information content (AvgIpc) is 2.07. The fraction of sp³-hybridized carbons (Fsp3) is 0.333. The molecule has 0 heterocycles. The van der Waals surface area contributed by atoms with E-state index in [4.69, 9.17) is 5.11 Å². The van der Waals surface area contributed by atoms with Crippen molar-refractivity contribution >= 4 is 0 Å². The maximum atomic E-state index is 9.36. The van der Waals surface area contributed by atoms with Crippen molar-refractivity contribution in [3.8, 4) is 0 Å². The van der Waals surface area contributed by atoms with Gasteiger partial charge in [-0.3, -0.25) is 0 Å². The molecular formula is C9H12O2. The zero-order valence-corrected chi connectivity index (χ0v) is 6.27. The lowest BCUT2D eigenvalue weighted by molar-refractivity contribution is 0.134. The number of rotatable bonds is 3. The summed E-state index contributed by atoms with van der Waals surface area (Å²) in [4.78, 5) is 0. The summed E-state index contributed by atoms with van der Waals surface area (Å²) in [6.45, 7) is 0.0239. The normalized spacial score (nSPS) is 12.9. The van der Waals surface area contributed by atoms with Crippen molar-refractivity contribution in [2.24, 2.45) is 0 Å². The van der Waals surface area contributed by atoms with Gasteiger partial charge in [-0.1, -0.05) is 30.3 Å². The summed E-state index contributed by atoms with van der Waals surface area (Å²) in [5, 5.41) is 17.9. The van der Waals surface area contributed by atoms with Gasteiger partial charge in [-0.05, 0) is 5.56 Å². The fourth-order valence-electron chi connectivity index (χ4n) is 0.964. The molecule has 0 aromatic heterocycles. The van der Waals surface area contributed by atoms with Crippen LogP contribution in [0.5, 0.6) is 0 Å². The Morgan fingerprint density at radius 2 is 1.82 bits per heavy atom. The summed E-state index contributed by atoms with van der Waals surface area (Å²) < 4.78 is 0. The van der Waals surface area contributed by atoms with E-state index in [2.05, 4.69) is 0 Å². The summed E-state index contributed by atoms with van der Waals surface area (Å²) in [7, 11) is 0. The Hall–Kier alpha value is -0.860. The average molecular weight is 152 g/mol. The molecule has 2 N–H and O–H groups in total. The van der Waals surface area contributed by atoms with E-state index < -0.39 is 6.10 Å². The molecule has 1 rings (SSSR count). The van der Waals surface area contributed by atoms with Crippen molar-refractivity contribution in [2.75, 3.05) is 6.61 Å². The van der Waals surface area contributed by atoms with Crippen LogP contribution in [0.3, 0.4) is 0 Å². The molecule has 0 aliphatic heterocycles. The van der Waals surface area contributed by atoms with Crippen LogP contribution in [0.25, 0.3) is 0 Å². The molecule has 2 nitrogen and oxygen atoms in total. The quantitative estimate of drug-likeness (QED) is 0.681. The Bertz CT molecular complexity index is 196. The van der Waals surface area contributed by atoms with Crippen molar-refractivity contribution in [1.29, 1.82) is 0 Å². The van der Waals surface area contributed by atoms with Crippen LogP contribution in [-0.2, 0) is 0 Å². The number of aliphatic hydroxyl groups excluding tert-OH is 2. The van der Waals surface area contributed by atoms with Crippen LogP contribution in [0.15, 0.2) is 30.3 Å². The van der Waals surface area contributed by atoms with Crippen molar-refractivity contribution < 1.29 is 10.2 Å². The van der Waals surface area contributed by atoms with Gasteiger partial charge in [-0.2, -0.15) is 0 Å². The van der Waals surface area contributed by atoms with Crippen LogP contribution in [0.1, 0.15) is 18.1 Å². The topological polar surface area (TPSA) is 40.5 Å². The van der Waals surface area contributed by atoms with E-state index in [1.807, 2.05) is 30.3 Å². The van der Waals surface area contributed by atoms with E-state index in [-0.39, 0.29) is 6.61 Å². The minimum atomic E-state index is -0.527. The van der Waals surface area contributed by atoms with Gasteiger partial charge >= 0.3 is 0 Å². The predicted molar refractivity (Wildman–Crippen MR) is 43.1 cm³/mol. The van der Waals surface area contributed by atoms with E-state index in [0.717, 1.165) is 5.56 Å². The van der Waals surface area contributed by atoms with Crippen LogP contribution in [-0.4, -0.2) is 16.8 Å². The smallest absolute Gasteiger partial charge is 0.0811 e. The van der Waals surface area contributed by atoms with Gasteiger partial charge in [0.25, 0.3) is 0 Å². The molecule has 0 unspecified atom stereocenters. The minimum absolute atomic E-state index is 0.0239. The van der Waals surface area contributed by atoms with Crippen molar-refractivity contribution in [1.82, 2.24) is 0 Å². The molecule has 0 amide bonds. The van der Waals surface area contributed by atoms with Crippen LogP contribution >= 0.6 is 0 Å². The van der Waals surface area contributed by atoms with Gasteiger partial charge in [0.2, 0.25) is 0 Å². The Labute approximate surface area is 66.1 Å².